The van der Waals surface area contributed by atoms with Crippen LogP contribution in [0.4, 0.5) is 0 Å². The van der Waals surface area contributed by atoms with Crippen molar-refractivity contribution in [2.75, 3.05) is 19.6 Å². The number of nitrogens with zero attached hydrogens (tertiary/aromatic N) is 1. The first-order valence-corrected chi connectivity index (χ1v) is 10.1. The third kappa shape index (κ3) is 4.00. The molecule has 3 heteroatoms. The first-order valence-electron chi connectivity index (χ1n) is 10.1. The molecule has 0 saturated heterocycles. The van der Waals surface area contributed by atoms with Crippen LogP contribution in [0.25, 0.3) is 16.3 Å². The molecule has 0 aliphatic carbocycles. The van der Waals surface area contributed by atoms with Gasteiger partial charge in [-0.25, -0.2) is 0 Å². The topological polar surface area (TPSA) is 36.9 Å². The second kappa shape index (κ2) is 8.41. The highest BCUT2D eigenvalue weighted by molar-refractivity contribution is 5.86. The molecule has 1 amide bonds. The second-order valence-electron chi connectivity index (χ2n) is 7.48. The average molecular weight is 372 g/mol. The lowest BCUT2D eigenvalue weighted by Crippen LogP contribution is -2.87. The number of benzene rings is 3. The lowest BCUT2D eigenvalue weighted by atomic mass is 9.99. The highest BCUT2D eigenvalue weighted by Gasteiger charge is 2.21. The van der Waals surface area contributed by atoms with Crippen molar-refractivity contribution in [3.8, 4) is 0 Å². The van der Waals surface area contributed by atoms with Crippen molar-refractivity contribution < 1.29 is 10.1 Å². The quantitative estimate of drug-likeness (QED) is 0.728. The number of hydrogen-bond acceptors (Lipinski definition) is 1. The molecule has 1 aliphatic heterocycles. The maximum Gasteiger partial charge on any atom is 0.277 e. The molecule has 3 nitrogen and oxygen atoms in total. The van der Waals surface area contributed by atoms with Gasteiger partial charge >= 0.3 is 0 Å². The number of quaternary nitrogens is 1. The molecule has 2 N–H and O–H groups in total. The van der Waals surface area contributed by atoms with Gasteiger partial charge in [0.1, 0.15) is 6.04 Å². The van der Waals surface area contributed by atoms with Crippen LogP contribution in [-0.2, 0) is 4.79 Å². The van der Waals surface area contributed by atoms with Crippen molar-refractivity contribution in [3.63, 3.8) is 0 Å². The molecule has 0 aromatic heterocycles. The van der Waals surface area contributed by atoms with Gasteiger partial charge in [-0.05, 0) is 35.3 Å². The Morgan fingerprint density at radius 3 is 2.54 bits per heavy atom. The minimum Gasteiger partial charge on any atom is -0.334 e. The molecule has 0 fully saturated rings. The Hall–Kier alpha value is -2.91. The van der Waals surface area contributed by atoms with E-state index in [0.717, 1.165) is 13.0 Å². The molecule has 3 aromatic rings. The smallest absolute Gasteiger partial charge is 0.277 e. The molecule has 0 saturated carbocycles. The zero-order valence-corrected chi connectivity index (χ0v) is 16.3. The summed E-state index contributed by atoms with van der Waals surface area (Å²) in [6.45, 7) is 4.17. The minimum absolute atomic E-state index is 0.218. The summed E-state index contributed by atoms with van der Waals surface area (Å²) in [4.78, 5) is 14.7. The predicted molar refractivity (Wildman–Crippen MR) is 115 cm³/mol. The van der Waals surface area contributed by atoms with Crippen LogP contribution in [-0.4, -0.2) is 30.4 Å². The number of nitrogens with two attached hydrogens (primary N) is 1. The zero-order valence-electron chi connectivity index (χ0n) is 16.3. The molecular weight excluding hydrogens is 344 g/mol. The molecule has 0 spiro atoms. The first kappa shape index (κ1) is 18.5. The number of fused-ring (bicyclic) bond motifs is 1. The summed E-state index contributed by atoms with van der Waals surface area (Å²) < 4.78 is 0. The average Bonchev–Trinajstić information content (AvgIpc) is 2.77. The van der Waals surface area contributed by atoms with Gasteiger partial charge in [0.25, 0.3) is 5.91 Å². The molecular formula is C25H27N2O+. The standard InChI is InChI=1S/C25H26N2O/c1-19(23-13-7-11-22-10-5-6-12-24(22)23)26-18-25(28)27-16-14-21(15-17-27)20-8-3-2-4-9-20/h2-14,19,26H,15-18H2,1H3/p+1/t19-/m1/s1. The number of hydrogen-bond donors (Lipinski definition) is 1. The molecule has 1 aliphatic rings. The molecule has 142 valence electrons. The third-order valence-corrected chi connectivity index (χ3v) is 5.67. The molecule has 4 rings (SSSR count). The highest BCUT2D eigenvalue weighted by atomic mass is 16.2. The number of rotatable bonds is 5. The van der Waals surface area contributed by atoms with E-state index in [4.69, 9.17) is 0 Å². The Labute approximate surface area is 166 Å². The number of amides is 1. The fourth-order valence-corrected chi connectivity index (χ4v) is 3.99. The van der Waals surface area contributed by atoms with Gasteiger partial charge in [-0.15, -0.1) is 0 Å². The zero-order chi connectivity index (χ0) is 19.3. The Morgan fingerprint density at radius 1 is 1.00 bits per heavy atom. The highest BCUT2D eigenvalue weighted by Crippen LogP contribution is 2.23. The molecule has 0 radical (unpaired) electrons. The van der Waals surface area contributed by atoms with Crippen molar-refractivity contribution in [1.82, 2.24) is 4.90 Å². The Morgan fingerprint density at radius 2 is 1.75 bits per heavy atom. The van der Waals surface area contributed by atoms with E-state index in [1.165, 1.54) is 27.5 Å². The molecule has 3 aromatic carbocycles. The molecule has 0 unspecified atom stereocenters. The van der Waals surface area contributed by atoms with Gasteiger partial charge in [0.15, 0.2) is 6.54 Å². The van der Waals surface area contributed by atoms with E-state index in [2.05, 4.69) is 85.0 Å². The van der Waals surface area contributed by atoms with E-state index in [9.17, 15) is 4.79 Å². The Balaban J connectivity index is 1.36. The minimum atomic E-state index is 0.218. The van der Waals surface area contributed by atoms with Crippen LogP contribution in [0.15, 0.2) is 78.9 Å². The van der Waals surface area contributed by atoms with E-state index < -0.39 is 0 Å². The van der Waals surface area contributed by atoms with Gasteiger partial charge in [0.05, 0.1) is 0 Å². The fraction of sp³-hybridized carbons (Fsp3) is 0.240. The molecule has 1 heterocycles. The number of carbonyl (C=O) groups excluding carboxylic acids is 1. The third-order valence-electron chi connectivity index (χ3n) is 5.67. The van der Waals surface area contributed by atoms with Gasteiger partial charge < -0.3 is 10.2 Å². The predicted octanol–water partition coefficient (Wildman–Crippen LogP) is 3.78. The molecule has 0 bridgehead atoms. The van der Waals surface area contributed by atoms with Gasteiger partial charge in [0, 0.05) is 18.7 Å². The van der Waals surface area contributed by atoms with Crippen LogP contribution < -0.4 is 5.32 Å². The monoisotopic (exact) mass is 371 g/mol. The van der Waals surface area contributed by atoms with Crippen LogP contribution in [0.1, 0.15) is 30.5 Å². The summed E-state index contributed by atoms with van der Waals surface area (Å²) in [6, 6.07) is 25.6. The largest absolute Gasteiger partial charge is 0.334 e. The Bertz CT molecular complexity index is 988. The fourth-order valence-electron chi connectivity index (χ4n) is 3.99. The van der Waals surface area contributed by atoms with E-state index >= 15 is 0 Å². The summed E-state index contributed by atoms with van der Waals surface area (Å²) in [5.74, 6) is 0.218. The second-order valence-corrected chi connectivity index (χ2v) is 7.48. The van der Waals surface area contributed by atoms with Crippen LogP contribution in [0, 0.1) is 0 Å². The van der Waals surface area contributed by atoms with Crippen molar-refractivity contribution in [2.45, 2.75) is 19.4 Å². The number of carbonyl (C=O) groups is 1. The molecule has 1 atom stereocenters. The molecule has 28 heavy (non-hydrogen) atoms. The van der Waals surface area contributed by atoms with E-state index in [-0.39, 0.29) is 11.9 Å². The summed E-state index contributed by atoms with van der Waals surface area (Å²) in [5.41, 5.74) is 3.90. The van der Waals surface area contributed by atoms with Crippen molar-refractivity contribution in [2.24, 2.45) is 0 Å². The normalized spacial score (nSPS) is 15.3. The summed E-state index contributed by atoms with van der Waals surface area (Å²) in [5, 5.41) is 4.68. The van der Waals surface area contributed by atoms with Crippen LogP contribution >= 0.6 is 0 Å². The van der Waals surface area contributed by atoms with Crippen molar-refractivity contribution >= 4 is 22.3 Å². The summed E-state index contributed by atoms with van der Waals surface area (Å²) >= 11 is 0. The van der Waals surface area contributed by atoms with Gasteiger partial charge in [-0.3, -0.25) is 4.79 Å². The maximum atomic E-state index is 12.7. The van der Waals surface area contributed by atoms with Crippen molar-refractivity contribution in [1.29, 1.82) is 0 Å². The van der Waals surface area contributed by atoms with E-state index in [0.29, 0.717) is 13.1 Å². The lowest BCUT2D eigenvalue weighted by molar-refractivity contribution is -0.682. The van der Waals surface area contributed by atoms with Gasteiger partial charge in [-0.2, -0.15) is 0 Å². The summed E-state index contributed by atoms with van der Waals surface area (Å²) in [6.07, 6.45) is 3.12. The Kier molecular flexibility index (Phi) is 5.54. The van der Waals surface area contributed by atoms with Crippen LogP contribution in [0.3, 0.4) is 0 Å². The van der Waals surface area contributed by atoms with Crippen LogP contribution in [0.2, 0.25) is 0 Å². The van der Waals surface area contributed by atoms with E-state index in [1.807, 2.05) is 11.0 Å². The first-order chi connectivity index (χ1) is 13.7. The van der Waals surface area contributed by atoms with Gasteiger partial charge in [-0.1, -0.05) is 78.9 Å². The SMILES string of the molecule is C[C@@H]([NH2+]CC(=O)N1CC=C(c2ccccc2)CC1)c1cccc2ccccc12. The maximum absolute atomic E-state index is 12.7. The summed E-state index contributed by atoms with van der Waals surface area (Å²) in [7, 11) is 0. The van der Waals surface area contributed by atoms with Crippen molar-refractivity contribution in [3.05, 3.63) is 90.0 Å². The lowest BCUT2D eigenvalue weighted by Gasteiger charge is -2.26. The van der Waals surface area contributed by atoms with Gasteiger partial charge in [0.2, 0.25) is 0 Å². The van der Waals surface area contributed by atoms with E-state index in [1.54, 1.807) is 0 Å². The van der Waals surface area contributed by atoms with Crippen LogP contribution in [0.5, 0.6) is 0 Å².